The molecule has 0 fully saturated rings. The van der Waals surface area contributed by atoms with Crippen molar-refractivity contribution in [2.75, 3.05) is 27.3 Å². The Morgan fingerprint density at radius 3 is 2.50 bits per heavy atom. The lowest BCUT2D eigenvalue weighted by Gasteiger charge is -2.13. The van der Waals surface area contributed by atoms with Crippen LogP contribution in [0.4, 0.5) is 0 Å². The molecule has 0 unspecified atom stereocenters. The van der Waals surface area contributed by atoms with Gasteiger partial charge in [-0.2, -0.15) is 0 Å². The Bertz CT molecular complexity index is 548. The van der Waals surface area contributed by atoms with Gasteiger partial charge in [0.1, 0.15) is 11.3 Å². The Morgan fingerprint density at radius 1 is 1.25 bits per heavy atom. The summed E-state index contributed by atoms with van der Waals surface area (Å²) in [7, 11) is 2.88. The lowest BCUT2D eigenvalue weighted by Crippen LogP contribution is -2.39. The average Bonchev–Trinajstić information content (AvgIpc) is 2.56. The van der Waals surface area contributed by atoms with Gasteiger partial charge in [-0.15, -0.1) is 24.0 Å². The number of aliphatic imine (C=N–C) groups is 1. The first kappa shape index (κ1) is 22.5. The van der Waals surface area contributed by atoms with E-state index in [9.17, 15) is 4.79 Å². The molecular formula is C17H28IN3O3. The SMILES string of the molecule is CCNC(=NCc1ccc(OC)c(C(=O)OC)c1)NCC(C)C.I. The van der Waals surface area contributed by atoms with Crippen LogP contribution in [0, 0.1) is 5.92 Å². The van der Waals surface area contributed by atoms with E-state index >= 15 is 0 Å². The van der Waals surface area contributed by atoms with Crippen molar-refractivity contribution >= 4 is 35.9 Å². The first-order valence-electron chi connectivity index (χ1n) is 7.79. The summed E-state index contributed by atoms with van der Waals surface area (Å²) in [4.78, 5) is 16.3. The van der Waals surface area contributed by atoms with E-state index < -0.39 is 5.97 Å². The zero-order valence-electron chi connectivity index (χ0n) is 15.0. The molecule has 24 heavy (non-hydrogen) atoms. The molecule has 1 aromatic carbocycles. The Labute approximate surface area is 161 Å². The fourth-order valence-corrected chi connectivity index (χ4v) is 1.94. The molecule has 0 aliphatic carbocycles. The van der Waals surface area contributed by atoms with Crippen LogP contribution in [0.15, 0.2) is 23.2 Å². The highest BCUT2D eigenvalue weighted by Gasteiger charge is 2.13. The number of ether oxygens (including phenoxy) is 2. The molecule has 0 saturated heterocycles. The van der Waals surface area contributed by atoms with Crippen molar-refractivity contribution in [1.82, 2.24) is 10.6 Å². The third-order valence-electron chi connectivity index (χ3n) is 3.11. The zero-order chi connectivity index (χ0) is 17.2. The van der Waals surface area contributed by atoms with E-state index in [1.807, 2.05) is 13.0 Å². The van der Waals surface area contributed by atoms with Crippen molar-refractivity contribution in [3.63, 3.8) is 0 Å². The number of carbonyl (C=O) groups is 1. The lowest BCUT2D eigenvalue weighted by atomic mass is 10.1. The van der Waals surface area contributed by atoms with Crippen LogP contribution in [0.3, 0.4) is 0 Å². The number of esters is 1. The molecule has 0 aliphatic rings. The van der Waals surface area contributed by atoms with Gasteiger partial charge in [-0.1, -0.05) is 19.9 Å². The van der Waals surface area contributed by atoms with E-state index in [-0.39, 0.29) is 24.0 Å². The fraction of sp³-hybridized carbons (Fsp3) is 0.529. The molecule has 0 spiro atoms. The van der Waals surface area contributed by atoms with Gasteiger partial charge in [0, 0.05) is 13.1 Å². The number of guanidine groups is 1. The van der Waals surface area contributed by atoms with Crippen molar-refractivity contribution < 1.29 is 14.3 Å². The highest BCUT2D eigenvalue weighted by Crippen LogP contribution is 2.21. The molecule has 0 radical (unpaired) electrons. The van der Waals surface area contributed by atoms with Gasteiger partial charge in [0.25, 0.3) is 0 Å². The Morgan fingerprint density at radius 2 is 1.96 bits per heavy atom. The summed E-state index contributed by atoms with van der Waals surface area (Å²) in [5.74, 6) is 1.37. The predicted molar refractivity (Wildman–Crippen MR) is 107 cm³/mol. The van der Waals surface area contributed by atoms with Crippen molar-refractivity contribution in [1.29, 1.82) is 0 Å². The molecule has 0 atom stereocenters. The number of methoxy groups -OCH3 is 2. The zero-order valence-corrected chi connectivity index (χ0v) is 17.3. The largest absolute Gasteiger partial charge is 0.496 e. The van der Waals surface area contributed by atoms with Crippen LogP contribution >= 0.6 is 24.0 Å². The number of halogens is 1. The summed E-state index contributed by atoms with van der Waals surface area (Å²) in [6.45, 7) is 8.41. The van der Waals surface area contributed by atoms with Crippen LogP contribution in [-0.2, 0) is 11.3 Å². The second-order valence-corrected chi connectivity index (χ2v) is 5.50. The van der Waals surface area contributed by atoms with Crippen molar-refractivity contribution in [3.05, 3.63) is 29.3 Å². The topological polar surface area (TPSA) is 72.0 Å². The summed E-state index contributed by atoms with van der Waals surface area (Å²) in [5.41, 5.74) is 1.32. The third kappa shape index (κ3) is 7.37. The number of nitrogens with zero attached hydrogens (tertiary/aromatic N) is 1. The fourth-order valence-electron chi connectivity index (χ4n) is 1.94. The minimum atomic E-state index is -0.419. The Kier molecular flexibility index (Phi) is 11.2. The molecule has 7 heteroatoms. The van der Waals surface area contributed by atoms with Gasteiger partial charge in [-0.3, -0.25) is 0 Å². The van der Waals surface area contributed by atoms with E-state index in [1.165, 1.54) is 14.2 Å². The number of benzene rings is 1. The van der Waals surface area contributed by atoms with Crippen LogP contribution in [0.25, 0.3) is 0 Å². The molecule has 136 valence electrons. The molecule has 0 saturated carbocycles. The van der Waals surface area contributed by atoms with Crippen molar-refractivity contribution in [3.8, 4) is 5.75 Å². The van der Waals surface area contributed by atoms with Gasteiger partial charge < -0.3 is 20.1 Å². The van der Waals surface area contributed by atoms with Crippen LogP contribution in [0.1, 0.15) is 36.7 Å². The van der Waals surface area contributed by atoms with Crippen LogP contribution < -0.4 is 15.4 Å². The van der Waals surface area contributed by atoms with Gasteiger partial charge in [-0.25, -0.2) is 9.79 Å². The van der Waals surface area contributed by atoms with Gasteiger partial charge >= 0.3 is 5.97 Å². The number of rotatable bonds is 7. The molecule has 0 amide bonds. The molecule has 0 aliphatic heterocycles. The molecular weight excluding hydrogens is 421 g/mol. The molecule has 6 nitrogen and oxygen atoms in total. The maximum Gasteiger partial charge on any atom is 0.341 e. The van der Waals surface area contributed by atoms with E-state index in [2.05, 4.69) is 29.5 Å². The van der Waals surface area contributed by atoms with E-state index in [0.29, 0.717) is 23.8 Å². The standard InChI is InChI=1S/C17H27N3O3.HI/c1-6-18-17(19-10-12(2)3)20-11-13-7-8-15(22-4)14(9-13)16(21)23-5;/h7-9,12H,6,10-11H2,1-5H3,(H2,18,19,20);1H. The van der Waals surface area contributed by atoms with Gasteiger partial charge in [0.15, 0.2) is 5.96 Å². The second-order valence-electron chi connectivity index (χ2n) is 5.50. The number of carbonyl (C=O) groups excluding carboxylic acids is 1. The first-order chi connectivity index (χ1) is 11.0. The van der Waals surface area contributed by atoms with Crippen LogP contribution in [0.2, 0.25) is 0 Å². The third-order valence-corrected chi connectivity index (χ3v) is 3.11. The summed E-state index contributed by atoms with van der Waals surface area (Å²) >= 11 is 0. The number of hydrogen-bond acceptors (Lipinski definition) is 4. The molecule has 1 rings (SSSR count). The van der Waals surface area contributed by atoms with E-state index in [4.69, 9.17) is 9.47 Å². The van der Waals surface area contributed by atoms with E-state index in [1.54, 1.807) is 12.1 Å². The maximum atomic E-state index is 11.8. The number of hydrogen-bond donors (Lipinski definition) is 2. The summed E-state index contributed by atoms with van der Waals surface area (Å²) in [6.07, 6.45) is 0. The summed E-state index contributed by atoms with van der Waals surface area (Å²) < 4.78 is 9.97. The second kappa shape index (κ2) is 11.9. The van der Waals surface area contributed by atoms with Gasteiger partial charge in [0.2, 0.25) is 0 Å². The van der Waals surface area contributed by atoms with E-state index in [0.717, 1.165) is 24.6 Å². The molecule has 2 N–H and O–H groups in total. The molecule has 0 bridgehead atoms. The maximum absolute atomic E-state index is 11.8. The summed E-state index contributed by atoms with van der Waals surface area (Å²) in [6, 6.07) is 5.40. The quantitative estimate of drug-likeness (QED) is 0.290. The molecule has 0 aromatic heterocycles. The normalized spacial score (nSPS) is 10.8. The highest BCUT2D eigenvalue weighted by atomic mass is 127. The minimum absolute atomic E-state index is 0. The monoisotopic (exact) mass is 449 g/mol. The summed E-state index contributed by atoms with van der Waals surface area (Å²) in [5, 5.41) is 6.49. The molecule has 1 aromatic rings. The molecule has 0 heterocycles. The average molecular weight is 449 g/mol. The Hall–Kier alpha value is -1.51. The number of nitrogens with one attached hydrogen (secondary N) is 2. The van der Waals surface area contributed by atoms with Crippen LogP contribution in [-0.4, -0.2) is 39.2 Å². The Balaban J connectivity index is 0.00000529. The first-order valence-corrected chi connectivity index (χ1v) is 7.79. The van der Waals surface area contributed by atoms with Gasteiger partial charge in [-0.05, 0) is 30.5 Å². The van der Waals surface area contributed by atoms with Crippen molar-refractivity contribution in [2.24, 2.45) is 10.9 Å². The predicted octanol–water partition coefficient (Wildman–Crippen LogP) is 2.81. The van der Waals surface area contributed by atoms with Gasteiger partial charge in [0.05, 0.1) is 20.8 Å². The smallest absolute Gasteiger partial charge is 0.341 e. The lowest BCUT2D eigenvalue weighted by molar-refractivity contribution is 0.0597. The minimum Gasteiger partial charge on any atom is -0.496 e. The van der Waals surface area contributed by atoms with Crippen molar-refractivity contribution in [2.45, 2.75) is 27.3 Å². The highest BCUT2D eigenvalue weighted by molar-refractivity contribution is 14.0. The van der Waals surface area contributed by atoms with Crippen LogP contribution in [0.5, 0.6) is 5.75 Å².